The van der Waals surface area contributed by atoms with E-state index in [4.69, 9.17) is 13.9 Å². The molecule has 0 aliphatic heterocycles. The average Bonchev–Trinajstić information content (AvgIpc) is 3.47. The van der Waals surface area contributed by atoms with Crippen LogP contribution in [0.5, 0.6) is 11.5 Å². The second-order valence-corrected chi connectivity index (χ2v) is 7.00. The third-order valence-electron chi connectivity index (χ3n) is 5.06. The number of ether oxygens (including phenoxy) is 2. The molecule has 2 aromatic heterocycles. The Morgan fingerprint density at radius 2 is 1.84 bits per heavy atom. The van der Waals surface area contributed by atoms with Crippen molar-refractivity contribution in [2.45, 2.75) is 6.54 Å². The highest BCUT2D eigenvalue weighted by molar-refractivity contribution is 5.94. The molecule has 0 saturated heterocycles. The fourth-order valence-electron chi connectivity index (χ4n) is 3.34. The first kappa shape index (κ1) is 20.3. The molecule has 0 saturated carbocycles. The molecule has 0 unspecified atom stereocenters. The molecule has 1 N–H and O–H groups in total. The van der Waals surface area contributed by atoms with Crippen molar-refractivity contribution < 1.29 is 18.7 Å². The van der Waals surface area contributed by atoms with Crippen LogP contribution in [0.4, 0.5) is 0 Å². The SMILES string of the molecule is COc1ccc(OC)c(-c2cc(C(=O)NCc3ccc(-c4ccoc4)cc3)n(C)n2)c1. The molecule has 2 heterocycles. The fourth-order valence-corrected chi connectivity index (χ4v) is 3.34. The Morgan fingerprint density at radius 3 is 2.52 bits per heavy atom. The van der Waals surface area contributed by atoms with Crippen molar-refractivity contribution in [2.75, 3.05) is 14.2 Å². The quantitative estimate of drug-likeness (QED) is 0.485. The number of aryl methyl sites for hydroxylation is 1. The van der Waals surface area contributed by atoms with Gasteiger partial charge in [0.25, 0.3) is 5.91 Å². The zero-order valence-corrected chi connectivity index (χ0v) is 17.6. The van der Waals surface area contributed by atoms with Crippen LogP contribution >= 0.6 is 0 Å². The van der Waals surface area contributed by atoms with E-state index in [0.717, 1.165) is 22.3 Å². The number of hydrogen-bond donors (Lipinski definition) is 1. The maximum absolute atomic E-state index is 12.8. The largest absolute Gasteiger partial charge is 0.497 e. The number of aromatic nitrogens is 2. The smallest absolute Gasteiger partial charge is 0.269 e. The van der Waals surface area contributed by atoms with Crippen LogP contribution in [0.1, 0.15) is 16.1 Å². The zero-order valence-electron chi connectivity index (χ0n) is 17.6. The summed E-state index contributed by atoms with van der Waals surface area (Å²) in [5.74, 6) is 1.14. The molecule has 31 heavy (non-hydrogen) atoms. The Morgan fingerprint density at radius 1 is 1.03 bits per heavy atom. The summed E-state index contributed by atoms with van der Waals surface area (Å²) < 4.78 is 17.4. The van der Waals surface area contributed by atoms with E-state index in [1.807, 2.05) is 48.5 Å². The minimum atomic E-state index is -0.206. The molecule has 0 atom stereocenters. The predicted molar refractivity (Wildman–Crippen MR) is 117 cm³/mol. The van der Waals surface area contributed by atoms with Crippen LogP contribution in [0.3, 0.4) is 0 Å². The lowest BCUT2D eigenvalue weighted by Crippen LogP contribution is -2.25. The van der Waals surface area contributed by atoms with Gasteiger partial charge in [-0.15, -0.1) is 0 Å². The average molecular weight is 417 g/mol. The van der Waals surface area contributed by atoms with Crippen molar-refractivity contribution in [3.05, 3.63) is 78.4 Å². The first-order valence-electron chi connectivity index (χ1n) is 9.75. The van der Waals surface area contributed by atoms with Gasteiger partial charge in [0.1, 0.15) is 17.2 Å². The third kappa shape index (κ3) is 4.30. The summed E-state index contributed by atoms with van der Waals surface area (Å²) in [5.41, 5.74) is 4.92. The van der Waals surface area contributed by atoms with E-state index in [2.05, 4.69) is 10.4 Å². The fraction of sp³-hybridized carbons (Fsp3) is 0.167. The number of hydrogen-bond acceptors (Lipinski definition) is 5. The van der Waals surface area contributed by atoms with Crippen molar-refractivity contribution in [1.29, 1.82) is 0 Å². The highest BCUT2D eigenvalue weighted by Gasteiger charge is 2.17. The number of benzene rings is 2. The summed E-state index contributed by atoms with van der Waals surface area (Å²) in [5, 5.41) is 7.44. The summed E-state index contributed by atoms with van der Waals surface area (Å²) in [6, 6.07) is 17.1. The normalized spacial score (nSPS) is 10.7. The monoisotopic (exact) mass is 417 g/mol. The van der Waals surface area contributed by atoms with Crippen molar-refractivity contribution in [2.24, 2.45) is 7.05 Å². The number of nitrogens with one attached hydrogen (secondary N) is 1. The molecule has 0 radical (unpaired) electrons. The first-order valence-corrected chi connectivity index (χ1v) is 9.75. The van der Waals surface area contributed by atoms with Gasteiger partial charge in [-0.2, -0.15) is 5.10 Å². The predicted octanol–water partition coefficient (Wildman–Crippen LogP) is 4.29. The standard InChI is InChI=1S/C24H23N3O4/c1-27-22(13-21(26-27)20-12-19(29-2)8-9-23(20)30-3)24(28)25-14-16-4-6-17(7-5-16)18-10-11-31-15-18/h4-13,15H,14H2,1-3H3,(H,25,28). The van der Waals surface area contributed by atoms with E-state index in [0.29, 0.717) is 29.4 Å². The maximum atomic E-state index is 12.8. The topological polar surface area (TPSA) is 78.5 Å². The van der Waals surface area contributed by atoms with Crippen LogP contribution in [-0.4, -0.2) is 29.9 Å². The van der Waals surface area contributed by atoms with Gasteiger partial charge in [0.15, 0.2) is 0 Å². The van der Waals surface area contributed by atoms with Gasteiger partial charge in [-0.1, -0.05) is 24.3 Å². The van der Waals surface area contributed by atoms with Crippen molar-refractivity contribution >= 4 is 5.91 Å². The van der Waals surface area contributed by atoms with Gasteiger partial charge in [0.2, 0.25) is 0 Å². The summed E-state index contributed by atoms with van der Waals surface area (Å²) in [4.78, 5) is 12.8. The second kappa shape index (κ2) is 8.79. The zero-order chi connectivity index (χ0) is 21.8. The van der Waals surface area contributed by atoms with Gasteiger partial charge in [-0.3, -0.25) is 9.48 Å². The molecule has 7 nitrogen and oxygen atoms in total. The maximum Gasteiger partial charge on any atom is 0.269 e. The molecular formula is C24H23N3O4. The van der Waals surface area contributed by atoms with E-state index in [1.165, 1.54) is 0 Å². The number of amides is 1. The van der Waals surface area contributed by atoms with Gasteiger partial charge in [-0.25, -0.2) is 0 Å². The molecule has 0 aliphatic carbocycles. The minimum absolute atomic E-state index is 0.206. The third-order valence-corrected chi connectivity index (χ3v) is 5.06. The van der Waals surface area contributed by atoms with E-state index < -0.39 is 0 Å². The lowest BCUT2D eigenvalue weighted by atomic mass is 10.1. The summed E-state index contributed by atoms with van der Waals surface area (Å²) in [6.45, 7) is 0.410. The number of rotatable bonds is 7. The van der Waals surface area contributed by atoms with Gasteiger partial charge < -0.3 is 19.2 Å². The Hall–Kier alpha value is -4.00. The number of furan rings is 1. The number of methoxy groups -OCH3 is 2. The van der Waals surface area contributed by atoms with E-state index in [-0.39, 0.29) is 5.91 Å². The highest BCUT2D eigenvalue weighted by atomic mass is 16.5. The first-order chi connectivity index (χ1) is 15.1. The molecule has 7 heteroatoms. The summed E-state index contributed by atoms with van der Waals surface area (Å²) >= 11 is 0. The van der Waals surface area contributed by atoms with Crippen LogP contribution in [-0.2, 0) is 13.6 Å². The molecular weight excluding hydrogens is 394 g/mol. The van der Waals surface area contributed by atoms with Gasteiger partial charge in [-0.05, 0) is 41.5 Å². The molecule has 0 spiro atoms. The van der Waals surface area contributed by atoms with E-state index >= 15 is 0 Å². The van der Waals surface area contributed by atoms with Crippen molar-refractivity contribution in [1.82, 2.24) is 15.1 Å². The van der Waals surface area contributed by atoms with Crippen molar-refractivity contribution in [3.63, 3.8) is 0 Å². The molecule has 0 fully saturated rings. The van der Waals surface area contributed by atoms with E-state index in [9.17, 15) is 4.79 Å². The summed E-state index contributed by atoms with van der Waals surface area (Å²) in [6.07, 6.45) is 3.35. The van der Waals surface area contributed by atoms with Gasteiger partial charge >= 0.3 is 0 Å². The number of nitrogens with zero attached hydrogens (tertiary/aromatic N) is 2. The summed E-state index contributed by atoms with van der Waals surface area (Å²) in [7, 11) is 4.94. The molecule has 2 aromatic carbocycles. The number of carbonyl (C=O) groups excluding carboxylic acids is 1. The highest BCUT2D eigenvalue weighted by Crippen LogP contribution is 2.33. The molecule has 0 bridgehead atoms. The Labute approximate surface area is 180 Å². The Kier molecular flexibility index (Phi) is 5.75. The van der Waals surface area contributed by atoms with Crippen LogP contribution < -0.4 is 14.8 Å². The second-order valence-electron chi connectivity index (χ2n) is 7.00. The molecule has 4 rings (SSSR count). The lowest BCUT2D eigenvalue weighted by Gasteiger charge is -2.08. The Balaban J connectivity index is 1.48. The molecule has 1 amide bonds. The molecule has 0 aliphatic rings. The Bertz CT molecular complexity index is 1180. The molecule has 4 aromatic rings. The van der Waals surface area contributed by atoms with Crippen LogP contribution in [0.2, 0.25) is 0 Å². The molecule has 158 valence electrons. The van der Waals surface area contributed by atoms with Gasteiger partial charge in [0, 0.05) is 24.7 Å². The minimum Gasteiger partial charge on any atom is -0.497 e. The number of carbonyl (C=O) groups is 1. The van der Waals surface area contributed by atoms with Crippen LogP contribution in [0.15, 0.2) is 71.5 Å². The van der Waals surface area contributed by atoms with Gasteiger partial charge in [0.05, 0.1) is 32.4 Å². The van der Waals surface area contributed by atoms with E-state index in [1.54, 1.807) is 44.5 Å². The van der Waals surface area contributed by atoms with Crippen LogP contribution in [0, 0.1) is 0 Å². The lowest BCUT2D eigenvalue weighted by molar-refractivity contribution is 0.0941. The van der Waals surface area contributed by atoms with Crippen molar-refractivity contribution in [3.8, 4) is 33.9 Å². The van der Waals surface area contributed by atoms with Crippen LogP contribution in [0.25, 0.3) is 22.4 Å².